The summed E-state index contributed by atoms with van der Waals surface area (Å²) in [6.45, 7) is 1.59. The van der Waals surface area contributed by atoms with Gasteiger partial charge in [0.25, 0.3) is 6.02 Å². The molecule has 3 nitrogen and oxygen atoms in total. The number of hydrogen-bond donors (Lipinski definition) is 1. The Balaban J connectivity index is 2.54. The predicted octanol–water partition coefficient (Wildman–Crippen LogP) is 2.27. The predicted molar refractivity (Wildman–Crippen MR) is 56.4 cm³/mol. The van der Waals surface area contributed by atoms with E-state index in [9.17, 15) is 13.2 Å². The van der Waals surface area contributed by atoms with Gasteiger partial charge in [-0.25, -0.2) is 4.99 Å². The summed E-state index contributed by atoms with van der Waals surface area (Å²) in [6.07, 6.45) is -4.41. The molecule has 2 rings (SSSR count). The molecule has 0 aromatic heterocycles. The number of halogens is 3. The summed E-state index contributed by atoms with van der Waals surface area (Å²) < 4.78 is 43.5. The molecule has 1 unspecified atom stereocenters. The molecule has 1 aliphatic rings. The minimum atomic E-state index is -4.41. The molecule has 0 fully saturated rings. The van der Waals surface area contributed by atoms with Crippen LogP contribution >= 0.6 is 0 Å². The second-order valence-electron chi connectivity index (χ2n) is 4.06. The highest BCUT2D eigenvalue weighted by Crippen LogP contribution is 2.39. The molecule has 17 heavy (non-hydrogen) atoms. The van der Waals surface area contributed by atoms with Gasteiger partial charge in [0.1, 0.15) is 12.1 Å². The van der Waals surface area contributed by atoms with Gasteiger partial charge in [-0.15, -0.1) is 0 Å². The van der Waals surface area contributed by atoms with Gasteiger partial charge in [-0.3, -0.25) is 0 Å². The van der Waals surface area contributed by atoms with Crippen molar-refractivity contribution in [3.8, 4) is 0 Å². The first-order chi connectivity index (χ1) is 7.83. The van der Waals surface area contributed by atoms with Crippen LogP contribution in [0.25, 0.3) is 0 Å². The van der Waals surface area contributed by atoms with E-state index in [0.717, 1.165) is 6.07 Å². The van der Waals surface area contributed by atoms with Crippen molar-refractivity contribution in [1.29, 1.82) is 0 Å². The van der Waals surface area contributed by atoms with Gasteiger partial charge in [-0.2, -0.15) is 13.2 Å². The molecule has 0 saturated heterocycles. The van der Waals surface area contributed by atoms with Gasteiger partial charge in [0.2, 0.25) is 0 Å². The number of benzene rings is 1. The van der Waals surface area contributed by atoms with Crippen LogP contribution in [0.1, 0.15) is 18.1 Å². The molecule has 6 heteroatoms. The zero-order valence-corrected chi connectivity index (χ0v) is 9.08. The van der Waals surface area contributed by atoms with Crippen LogP contribution < -0.4 is 5.73 Å². The molecule has 2 N–H and O–H groups in total. The van der Waals surface area contributed by atoms with Gasteiger partial charge < -0.3 is 10.5 Å². The Morgan fingerprint density at radius 3 is 2.53 bits per heavy atom. The third-order valence-electron chi connectivity index (χ3n) is 2.67. The van der Waals surface area contributed by atoms with Gasteiger partial charge in [-0.1, -0.05) is 18.2 Å². The maximum absolute atomic E-state index is 12.8. The maximum atomic E-state index is 12.8. The molecule has 0 spiro atoms. The van der Waals surface area contributed by atoms with Gasteiger partial charge in [0.05, 0.1) is 5.56 Å². The van der Waals surface area contributed by atoms with E-state index in [1.165, 1.54) is 12.1 Å². The Bertz CT molecular complexity index is 470. The Hall–Kier alpha value is -1.72. The fourth-order valence-corrected chi connectivity index (χ4v) is 1.86. The summed E-state index contributed by atoms with van der Waals surface area (Å²) in [5, 5.41) is 0. The van der Waals surface area contributed by atoms with Gasteiger partial charge in [-0.05, 0) is 18.6 Å². The third kappa shape index (κ3) is 2.07. The molecule has 1 atom stereocenters. The molecule has 92 valence electrons. The lowest BCUT2D eigenvalue weighted by Crippen LogP contribution is -2.25. The average Bonchev–Trinajstić information content (AvgIpc) is 2.59. The van der Waals surface area contributed by atoms with Crippen molar-refractivity contribution in [2.75, 3.05) is 6.61 Å². The molecule has 1 heterocycles. The van der Waals surface area contributed by atoms with Crippen molar-refractivity contribution in [2.45, 2.75) is 18.6 Å². The highest BCUT2D eigenvalue weighted by atomic mass is 19.4. The summed E-state index contributed by atoms with van der Waals surface area (Å²) in [7, 11) is 0. The normalized spacial score (nSPS) is 24.4. The van der Waals surface area contributed by atoms with Gasteiger partial charge >= 0.3 is 6.18 Å². The zero-order valence-electron chi connectivity index (χ0n) is 9.08. The number of nitrogens with zero attached hydrogens (tertiary/aromatic N) is 1. The number of ether oxygens (including phenoxy) is 1. The van der Waals surface area contributed by atoms with Crippen LogP contribution in [0.3, 0.4) is 0 Å². The second kappa shape index (κ2) is 3.65. The molecule has 1 aromatic carbocycles. The number of nitrogens with two attached hydrogens (primary N) is 1. The molecule has 1 aliphatic heterocycles. The van der Waals surface area contributed by atoms with Crippen LogP contribution in [0.4, 0.5) is 13.2 Å². The first kappa shape index (κ1) is 11.8. The van der Waals surface area contributed by atoms with E-state index < -0.39 is 17.3 Å². The molecule has 0 radical (unpaired) electrons. The number of amidine groups is 1. The van der Waals surface area contributed by atoms with Crippen molar-refractivity contribution in [2.24, 2.45) is 10.7 Å². The average molecular weight is 244 g/mol. The van der Waals surface area contributed by atoms with Crippen LogP contribution in [-0.2, 0) is 16.5 Å². The van der Waals surface area contributed by atoms with Crippen LogP contribution in [0.15, 0.2) is 29.3 Å². The second-order valence-corrected chi connectivity index (χ2v) is 4.06. The van der Waals surface area contributed by atoms with E-state index in [0.29, 0.717) is 0 Å². The van der Waals surface area contributed by atoms with E-state index in [4.69, 9.17) is 10.5 Å². The van der Waals surface area contributed by atoms with E-state index >= 15 is 0 Å². The monoisotopic (exact) mass is 244 g/mol. The first-order valence-corrected chi connectivity index (χ1v) is 4.98. The van der Waals surface area contributed by atoms with Gasteiger partial charge in [0, 0.05) is 0 Å². The molecule has 1 aromatic rings. The number of alkyl halides is 3. The fourth-order valence-electron chi connectivity index (χ4n) is 1.86. The first-order valence-electron chi connectivity index (χ1n) is 4.98. The maximum Gasteiger partial charge on any atom is 0.416 e. The number of aliphatic imine (C=N–C) groups is 1. The lowest BCUT2D eigenvalue weighted by molar-refractivity contribution is -0.138. The van der Waals surface area contributed by atoms with E-state index in [1.54, 1.807) is 13.0 Å². The Labute approximate surface area is 96.1 Å². The van der Waals surface area contributed by atoms with Crippen molar-refractivity contribution < 1.29 is 17.9 Å². The Kier molecular flexibility index (Phi) is 2.52. The number of rotatable bonds is 1. The largest absolute Gasteiger partial charge is 0.462 e. The molecule has 0 saturated carbocycles. The van der Waals surface area contributed by atoms with Crippen molar-refractivity contribution in [3.05, 3.63) is 35.4 Å². The summed E-state index contributed by atoms with van der Waals surface area (Å²) in [5.74, 6) is 0. The zero-order chi connectivity index (χ0) is 12.7. The summed E-state index contributed by atoms with van der Waals surface area (Å²) in [6, 6.07) is 5.24. The van der Waals surface area contributed by atoms with E-state index in [2.05, 4.69) is 4.99 Å². The standard InChI is InChI=1S/C11H11F3N2O/c1-10(6-17-9(15)16-10)7-4-2-3-5-8(7)11(12,13)14/h2-5H,6H2,1H3,(H2,15,16). The summed E-state index contributed by atoms with van der Waals surface area (Å²) >= 11 is 0. The third-order valence-corrected chi connectivity index (χ3v) is 2.67. The summed E-state index contributed by atoms with van der Waals surface area (Å²) in [4.78, 5) is 3.94. The minimum Gasteiger partial charge on any atom is -0.462 e. The van der Waals surface area contributed by atoms with E-state index in [1.807, 2.05) is 0 Å². The Morgan fingerprint density at radius 1 is 1.35 bits per heavy atom. The fraction of sp³-hybridized carbons (Fsp3) is 0.364. The van der Waals surface area contributed by atoms with Crippen LogP contribution in [0.2, 0.25) is 0 Å². The van der Waals surface area contributed by atoms with Gasteiger partial charge in [0.15, 0.2) is 0 Å². The molecular formula is C11H11F3N2O. The molecular weight excluding hydrogens is 233 g/mol. The quantitative estimate of drug-likeness (QED) is 0.823. The lowest BCUT2D eigenvalue weighted by Gasteiger charge is -2.23. The number of hydrogen-bond acceptors (Lipinski definition) is 3. The molecule has 0 aliphatic carbocycles. The Morgan fingerprint density at radius 2 is 2.00 bits per heavy atom. The van der Waals surface area contributed by atoms with Crippen molar-refractivity contribution >= 4 is 6.02 Å². The topological polar surface area (TPSA) is 47.6 Å². The highest BCUT2D eigenvalue weighted by Gasteiger charge is 2.41. The summed E-state index contributed by atoms with van der Waals surface area (Å²) in [5.41, 5.74) is 3.65. The molecule has 0 bridgehead atoms. The smallest absolute Gasteiger partial charge is 0.416 e. The van der Waals surface area contributed by atoms with Crippen LogP contribution in [0.5, 0.6) is 0 Å². The van der Waals surface area contributed by atoms with Crippen molar-refractivity contribution in [1.82, 2.24) is 0 Å². The van der Waals surface area contributed by atoms with Crippen LogP contribution in [-0.4, -0.2) is 12.6 Å². The minimum absolute atomic E-state index is 0.0198. The van der Waals surface area contributed by atoms with Crippen LogP contribution in [0, 0.1) is 0 Å². The highest BCUT2D eigenvalue weighted by molar-refractivity contribution is 5.74. The van der Waals surface area contributed by atoms with Crippen molar-refractivity contribution in [3.63, 3.8) is 0 Å². The lowest BCUT2D eigenvalue weighted by atomic mass is 9.89. The molecule has 0 amide bonds. The van der Waals surface area contributed by atoms with E-state index in [-0.39, 0.29) is 18.2 Å². The SMILES string of the molecule is CC1(c2ccccc2C(F)(F)F)COC(N)=N1.